The second-order valence-electron chi connectivity index (χ2n) is 10.8. The number of esters is 1. The maximum atomic E-state index is 14.1. The van der Waals surface area contributed by atoms with Gasteiger partial charge in [-0.15, -0.1) is 0 Å². The van der Waals surface area contributed by atoms with Crippen LogP contribution in [0.5, 0.6) is 23.0 Å². The predicted octanol–water partition coefficient (Wildman–Crippen LogP) is 6.72. The van der Waals surface area contributed by atoms with E-state index in [0.717, 1.165) is 16.8 Å². The average Bonchev–Trinajstić information content (AvgIpc) is 3.02. The average molecular weight is 663 g/mol. The third-order valence-electron chi connectivity index (χ3n) is 8.08. The molecule has 3 aromatic rings. The minimum atomic E-state index is -0.717. The molecular weight excluding hydrogens is 626 g/mol. The van der Waals surface area contributed by atoms with Crippen LogP contribution in [0, 0.1) is 0 Å². The predicted molar refractivity (Wildman–Crippen MR) is 170 cm³/mol. The quantitative estimate of drug-likeness (QED) is 0.231. The summed E-state index contributed by atoms with van der Waals surface area (Å²) in [4.78, 5) is 27.9. The number of Topliss-reactive ketones (excluding diaryl/α,β-unsaturated/α-hetero) is 1. The van der Waals surface area contributed by atoms with Gasteiger partial charge in [0.25, 0.3) is 0 Å². The molecule has 0 saturated carbocycles. The summed E-state index contributed by atoms with van der Waals surface area (Å²) in [6.07, 6.45) is 1.37. The molecule has 8 nitrogen and oxygen atoms in total. The molecule has 1 heterocycles. The van der Waals surface area contributed by atoms with E-state index in [9.17, 15) is 14.7 Å². The molecular formula is C35H36BrNO7. The van der Waals surface area contributed by atoms with E-state index >= 15 is 0 Å². The van der Waals surface area contributed by atoms with E-state index in [2.05, 4.69) is 21.2 Å². The SMILES string of the molecule is CCOc1cc(C2C(C(=O)OCCc3ccccc3)=C(C)NC3=C2C(=O)CC(c2ccc(OC)c(OC)c2)C3)cc(Br)c1O. The highest BCUT2D eigenvalue weighted by Crippen LogP contribution is 2.48. The van der Waals surface area contributed by atoms with E-state index in [1.807, 2.05) is 62.4 Å². The number of benzene rings is 3. The van der Waals surface area contributed by atoms with Crippen LogP contribution in [0.3, 0.4) is 0 Å². The molecule has 0 bridgehead atoms. The first kappa shape index (κ1) is 31.2. The lowest BCUT2D eigenvalue weighted by Crippen LogP contribution is -2.36. The Kier molecular flexibility index (Phi) is 9.64. The third-order valence-corrected chi connectivity index (χ3v) is 8.68. The summed E-state index contributed by atoms with van der Waals surface area (Å²) in [6, 6.07) is 18.9. The number of allylic oxidation sites excluding steroid dienone is 3. The molecule has 3 aromatic carbocycles. The standard InChI is InChI=1S/C35H36BrNO7/c1-5-43-30-19-24(15-25(36)34(30)39)32-31(35(40)44-14-13-21-9-7-6-8-10-21)20(2)37-26-16-23(17-27(38)33(26)32)22-11-12-28(41-3)29(18-22)42-4/h6-12,15,18-19,23,32,37,39H,5,13-14,16-17H2,1-4H3. The molecule has 0 fully saturated rings. The molecule has 0 amide bonds. The number of hydrogen-bond acceptors (Lipinski definition) is 8. The van der Waals surface area contributed by atoms with Crippen LogP contribution in [0.15, 0.2) is 87.7 Å². The second kappa shape index (κ2) is 13.6. The van der Waals surface area contributed by atoms with Gasteiger partial charge in [-0.2, -0.15) is 0 Å². The minimum Gasteiger partial charge on any atom is -0.503 e. The zero-order valence-corrected chi connectivity index (χ0v) is 26.8. The number of phenolic OH excluding ortho intramolecular Hbond substituents is 1. The van der Waals surface area contributed by atoms with E-state index in [1.165, 1.54) is 0 Å². The smallest absolute Gasteiger partial charge is 0.336 e. The lowest BCUT2D eigenvalue weighted by atomic mass is 9.71. The van der Waals surface area contributed by atoms with Gasteiger partial charge in [0.1, 0.15) is 0 Å². The van der Waals surface area contributed by atoms with Crippen molar-refractivity contribution in [3.8, 4) is 23.0 Å². The van der Waals surface area contributed by atoms with Crippen LogP contribution in [0.4, 0.5) is 0 Å². The van der Waals surface area contributed by atoms with E-state index < -0.39 is 11.9 Å². The monoisotopic (exact) mass is 661 g/mol. The van der Waals surface area contributed by atoms with Crippen LogP contribution < -0.4 is 19.5 Å². The first-order valence-electron chi connectivity index (χ1n) is 14.6. The highest BCUT2D eigenvalue weighted by molar-refractivity contribution is 9.10. The first-order chi connectivity index (χ1) is 21.2. The molecule has 5 rings (SSSR count). The number of ketones is 1. The normalized spacial score (nSPS) is 18.0. The number of ether oxygens (including phenoxy) is 4. The van der Waals surface area contributed by atoms with Crippen molar-refractivity contribution in [1.29, 1.82) is 0 Å². The summed E-state index contributed by atoms with van der Waals surface area (Å²) in [5.41, 5.74) is 4.89. The van der Waals surface area contributed by atoms with E-state index in [0.29, 0.717) is 57.8 Å². The zero-order chi connectivity index (χ0) is 31.4. The van der Waals surface area contributed by atoms with Crippen molar-refractivity contribution in [2.75, 3.05) is 27.4 Å². The van der Waals surface area contributed by atoms with Crippen LogP contribution >= 0.6 is 15.9 Å². The fourth-order valence-electron chi connectivity index (χ4n) is 6.00. The van der Waals surface area contributed by atoms with E-state index in [-0.39, 0.29) is 36.2 Å². The number of hydrogen-bond donors (Lipinski definition) is 2. The Morgan fingerprint density at radius 2 is 1.70 bits per heavy atom. The second-order valence-corrected chi connectivity index (χ2v) is 11.6. The fourth-order valence-corrected chi connectivity index (χ4v) is 6.46. The summed E-state index contributed by atoms with van der Waals surface area (Å²) >= 11 is 3.44. The lowest BCUT2D eigenvalue weighted by Gasteiger charge is -2.37. The Labute approximate surface area is 265 Å². The molecule has 0 spiro atoms. The molecule has 2 unspecified atom stereocenters. The molecule has 2 N–H and O–H groups in total. The number of aromatic hydroxyl groups is 1. The van der Waals surface area contributed by atoms with Crippen LogP contribution in [0.2, 0.25) is 0 Å². The molecule has 44 heavy (non-hydrogen) atoms. The topological polar surface area (TPSA) is 103 Å². The van der Waals surface area contributed by atoms with Crippen molar-refractivity contribution in [2.45, 2.75) is 44.9 Å². The maximum absolute atomic E-state index is 14.1. The summed E-state index contributed by atoms with van der Waals surface area (Å²) < 4.78 is 22.8. The molecule has 0 radical (unpaired) electrons. The number of phenols is 1. The van der Waals surface area contributed by atoms with Crippen molar-refractivity contribution >= 4 is 27.7 Å². The van der Waals surface area contributed by atoms with Gasteiger partial charge in [-0.3, -0.25) is 4.79 Å². The minimum absolute atomic E-state index is 0.0464. The van der Waals surface area contributed by atoms with Crippen molar-refractivity contribution in [3.63, 3.8) is 0 Å². The maximum Gasteiger partial charge on any atom is 0.336 e. The van der Waals surface area contributed by atoms with Gasteiger partial charge >= 0.3 is 5.97 Å². The Bertz CT molecular complexity index is 1630. The molecule has 2 atom stereocenters. The summed E-state index contributed by atoms with van der Waals surface area (Å²) in [6.45, 7) is 4.17. The van der Waals surface area contributed by atoms with Crippen LogP contribution in [0.25, 0.3) is 0 Å². The fraction of sp³-hybridized carbons (Fsp3) is 0.314. The van der Waals surface area contributed by atoms with Crippen LogP contribution in [-0.4, -0.2) is 44.3 Å². The van der Waals surface area contributed by atoms with Crippen molar-refractivity contribution in [1.82, 2.24) is 5.32 Å². The third kappa shape index (κ3) is 6.33. The molecule has 1 aliphatic heterocycles. The van der Waals surface area contributed by atoms with Gasteiger partial charge in [-0.1, -0.05) is 36.4 Å². The van der Waals surface area contributed by atoms with E-state index in [1.54, 1.807) is 26.4 Å². The molecule has 0 aromatic heterocycles. The zero-order valence-electron chi connectivity index (χ0n) is 25.2. The number of halogens is 1. The number of nitrogens with one attached hydrogen (secondary N) is 1. The highest BCUT2D eigenvalue weighted by Gasteiger charge is 2.42. The van der Waals surface area contributed by atoms with Gasteiger partial charge in [-0.05, 0) is 83.1 Å². The molecule has 230 valence electrons. The number of dihydropyridines is 1. The van der Waals surface area contributed by atoms with E-state index in [4.69, 9.17) is 18.9 Å². The van der Waals surface area contributed by atoms with Gasteiger partial charge in [-0.25, -0.2) is 4.79 Å². The summed E-state index contributed by atoms with van der Waals surface area (Å²) in [5.74, 6) is 0.0324. The number of rotatable bonds is 10. The Morgan fingerprint density at radius 3 is 2.41 bits per heavy atom. The Balaban J connectivity index is 1.53. The van der Waals surface area contributed by atoms with Crippen LogP contribution in [-0.2, 0) is 20.7 Å². The molecule has 9 heteroatoms. The molecule has 2 aliphatic rings. The van der Waals surface area contributed by atoms with Gasteiger partial charge in [0.2, 0.25) is 0 Å². The number of methoxy groups -OCH3 is 2. The van der Waals surface area contributed by atoms with Gasteiger partial charge in [0.05, 0.1) is 37.5 Å². The first-order valence-corrected chi connectivity index (χ1v) is 15.4. The summed E-state index contributed by atoms with van der Waals surface area (Å²) in [7, 11) is 3.17. The lowest BCUT2D eigenvalue weighted by molar-refractivity contribution is -0.139. The van der Waals surface area contributed by atoms with Gasteiger partial charge < -0.3 is 29.4 Å². The van der Waals surface area contributed by atoms with Crippen molar-refractivity contribution in [3.05, 3.63) is 104 Å². The van der Waals surface area contributed by atoms with Gasteiger partial charge in [0.15, 0.2) is 28.8 Å². The van der Waals surface area contributed by atoms with Crippen LogP contribution in [0.1, 0.15) is 55.2 Å². The molecule has 1 aliphatic carbocycles. The Hall–Kier alpha value is -4.24. The highest BCUT2D eigenvalue weighted by atomic mass is 79.9. The van der Waals surface area contributed by atoms with Crippen molar-refractivity contribution in [2.24, 2.45) is 0 Å². The summed E-state index contributed by atoms with van der Waals surface area (Å²) in [5, 5.41) is 14.0. The van der Waals surface area contributed by atoms with Crippen molar-refractivity contribution < 1.29 is 33.6 Å². The molecule has 0 saturated heterocycles. The number of carbonyl (C=O) groups is 2. The van der Waals surface area contributed by atoms with Gasteiger partial charge in [0, 0.05) is 35.7 Å². The largest absolute Gasteiger partial charge is 0.503 e. The Morgan fingerprint density at radius 1 is 0.977 bits per heavy atom. The number of carbonyl (C=O) groups excluding carboxylic acids is 2.